The maximum atomic E-state index is 11.5. The van der Waals surface area contributed by atoms with E-state index in [1.165, 1.54) is 33.0 Å². The Morgan fingerprint density at radius 3 is 2.83 bits per heavy atom. The number of ether oxygens (including phenoxy) is 1. The van der Waals surface area contributed by atoms with Crippen molar-refractivity contribution in [3.05, 3.63) is 18.1 Å². The summed E-state index contributed by atoms with van der Waals surface area (Å²) in [6, 6.07) is 0. The molecule has 0 aliphatic rings. The van der Waals surface area contributed by atoms with Crippen LogP contribution in [0.25, 0.3) is 0 Å². The third-order valence-electron chi connectivity index (χ3n) is 1.74. The fraction of sp³-hybridized carbons (Fsp3) is 0.300. The molecule has 0 bridgehead atoms. The van der Waals surface area contributed by atoms with Crippen LogP contribution in [-0.2, 0) is 14.4 Å². The summed E-state index contributed by atoms with van der Waals surface area (Å²) in [4.78, 5) is 28.7. The van der Waals surface area contributed by atoms with Crippen LogP contribution in [0.2, 0.25) is 0 Å². The van der Waals surface area contributed by atoms with Crippen LogP contribution < -0.4 is 4.84 Å². The van der Waals surface area contributed by atoms with Gasteiger partial charge in [0.1, 0.15) is 13.4 Å². The van der Waals surface area contributed by atoms with Gasteiger partial charge in [0.15, 0.2) is 0 Å². The lowest BCUT2D eigenvalue weighted by Gasteiger charge is -2.06. The van der Waals surface area contributed by atoms with E-state index < -0.39 is 5.97 Å². The molecule has 8 nitrogen and oxygen atoms in total. The smallest absolute Gasteiger partial charge is 0.361 e. The van der Waals surface area contributed by atoms with E-state index in [0.717, 1.165) is 0 Å². The molecule has 0 aliphatic carbocycles. The van der Waals surface area contributed by atoms with Gasteiger partial charge < -0.3 is 14.4 Å². The molecule has 1 heterocycles. The van der Waals surface area contributed by atoms with Gasteiger partial charge in [0, 0.05) is 12.4 Å². The number of aromatic nitrogens is 2. The summed E-state index contributed by atoms with van der Waals surface area (Å²) in [5.41, 5.74) is 0.110. The summed E-state index contributed by atoms with van der Waals surface area (Å²) >= 11 is 0. The summed E-state index contributed by atoms with van der Waals surface area (Å²) in [7, 11) is 2.53. The number of rotatable bonds is 5. The van der Waals surface area contributed by atoms with Crippen molar-refractivity contribution in [2.75, 3.05) is 14.2 Å². The highest BCUT2D eigenvalue weighted by atomic mass is 16.6. The van der Waals surface area contributed by atoms with Gasteiger partial charge in [-0.15, -0.1) is 0 Å². The first-order chi connectivity index (χ1) is 8.74. The van der Waals surface area contributed by atoms with Gasteiger partial charge in [-0.3, -0.25) is 0 Å². The van der Waals surface area contributed by atoms with Crippen LogP contribution in [0.3, 0.4) is 0 Å². The highest BCUT2D eigenvalue weighted by Gasteiger charge is 2.21. The predicted molar refractivity (Wildman–Crippen MR) is 62.4 cm³/mol. The second-order valence-corrected chi connectivity index (χ2v) is 2.81. The first kappa shape index (κ1) is 13.6. The summed E-state index contributed by atoms with van der Waals surface area (Å²) < 4.78 is 4.58. The van der Waals surface area contributed by atoms with Crippen molar-refractivity contribution in [3.8, 4) is 5.88 Å². The number of hydrogen-bond acceptors (Lipinski definition) is 8. The first-order valence-electron chi connectivity index (χ1n) is 4.89. The maximum absolute atomic E-state index is 11.5. The standard InChI is InChI=1S/C10H12N4O4/c1-4-13-18-9-7(5-11-6-12-9)8(14-17-3)10(15)16-2/h4-6H,1-3H3/b13-4?,14-8+. The molecule has 0 saturated heterocycles. The summed E-state index contributed by atoms with van der Waals surface area (Å²) in [5.74, 6) is -0.624. The van der Waals surface area contributed by atoms with Crippen LogP contribution in [0.1, 0.15) is 12.5 Å². The van der Waals surface area contributed by atoms with E-state index in [2.05, 4.69) is 29.9 Å². The monoisotopic (exact) mass is 252 g/mol. The molecular weight excluding hydrogens is 240 g/mol. The third-order valence-corrected chi connectivity index (χ3v) is 1.74. The Labute approximate surface area is 103 Å². The van der Waals surface area contributed by atoms with Gasteiger partial charge in [0.25, 0.3) is 5.88 Å². The fourth-order valence-corrected chi connectivity index (χ4v) is 1.04. The number of carbonyl (C=O) groups excluding carboxylic acids is 1. The molecule has 0 unspecified atom stereocenters. The Morgan fingerprint density at radius 1 is 1.44 bits per heavy atom. The van der Waals surface area contributed by atoms with Gasteiger partial charge >= 0.3 is 5.97 Å². The average Bonchev–Trinajstić information content (AvgIpc) is 2.42. The number of methoxy groups -OCH3 is 1. The van der Waals surface area contributed by atoms with Crippen LogP contribution >= 0.6 is 0 Å². The van der Waals surface area contributed by atoms with Gasteiger partial charge in [0.2, 0.25) is 5.71 Å². The molecule has 1 aromatic rings. The van der Waals surface area contributed by atoms with E-state index in [-0.39, 0.29) is 17.2 Å². The number of carbonyl (C=O) groups is 1. The largest absolute Gasteiger partial charge is 0.464 e. The first-order valence-corrected chi connectivity index (χ1v) is 4.89. The lowest BCUT2D eigenvalue weighted by Crippen LogP contribution is -2.19. The Morgan fingerprint density at radius 2 is 2.22 bits per heavy atom. The summed E-state index contributed by atoms with van der Waals surface area (Å²) in [5, 5.41) is 7.13. The molecule has 1 rings (SSSR count). The quantitative estimate of drug-likeness (QED) is 0.427. The van der Waals surface area contributed by atoms with Crippen LogP contribution in [-0.4, -0.2) is 42.1 Å². The van der Waals surface area contributed by atoms with Crippen molar-refractivity contribution in [1.82, 2.24) is 9.97 Å². The molecule has 0 amide bonds. The van der Waals surface area contributed by atoms with Crippen LogP contribution in [0.4, 0.5) is 0 Å². The van der Waals surface area contributed by atoms with Crippen LogP contribution in [0, 0.1) is 0 Å². The molecule has 8 heteroatoms. The zero-order valence-corrected chi connectivity index (χ0v) is 10.2. The third kappa shape index (κ3) is 3.24. The Hall–Kier alpha value is -2.51. The van der Waals surface area contributed by atoms with Gasteiger partial charge in [0.05, 0.1) is 12.7 Å². The average molecular weight is 252 g/mol. The predicted octanol–water partition coefficient (Wildman–Crippen LogP) is 0.385. The van der Waals surface area contributed by atoms with Gasteiger partial charge in [-0.25, -0.2) is 9.78 Å². The van der Waals surface area contributed by atoms with E-state index >= 15 is 0 Å². The zero-order valence-electron chi connectivity index (χ0n) is 10.2. The van der Waals surface area contributed by atoms with Crippen molar-refractivity contribution in [1.29, 1.82) is 0 Å². The topological polar surface area (TPSA) is 95.3 Å². The number of oxime groups is 2. The molecule has 96 valence electrons. The minimum atomic E-state index is -0.697. The molecule has 0 aliphatic heterocycles. The highest BCUT2D eigenvalue weighted by Crippen LogP contribution is 2.15. The normalized spacial score (nSPS) is 11.4. The Bertz CT molecular complexity index is 473. The highest BCUT2D eigenvalue weighted by molar-refractivity contribution is 6.43. The number of esters is 1. The SMILES string of the molecule is CC=NOc1ncncc1/C(=N\OC)C(=O)OC. The van der Waals surface area contributed by atoms with E-state index in [4.69, 9.17) is 4.84 Å². The molecule has 0 saturated carbocycles. The molecule has 0 N–H and O–H groups in total. The summed E-state index contributed by atoms with van der Waals surface area (Å²) in [6.07, 6.45) is 4.03. The number of nitrogens with zero attached hydrogens (tertiary/aromatic N) is 4. The van der Waals surface area contributed by atoms with Crippen molar-refractivity contribution >= 4 is 17.9 Å². The molecule has 0 spiro atoms. The van der Waals surface area contributed by atoms with Crippen LogP contribution in [0.5, 0.6) is 5.88 Å². The molecule has 0 radical (unpaired) electrons. The van der Waals surface area contributed by atoms with Crippen molar-refractivity contribution < 1.29 is 19.2 Å². The van der Waals surface area contributed by atoms with E-state index in [1.54, 1.807) is 6.92 Å². The van der Waals surface area contributed by atoms with Crippen LogP contribution in [0.15, 0.2) is 22.8 Å². The maximum Gasteiger partial charge on any atom is 0.361 e. The molecule has 18 heavy (non-hydrogen) atoms. The van der Waals surface area contributed by atoms with E-state index in [0.29, 0.717) is 0 Å². The lowest BCUT2D eigenvalue weighted by atomic mass is 10.2. The molecule has 1 aromatic heterocycles. The minimum absolute atomic E-state index is 0.0734. The molecule has 0 fully saturated rings. The van der Waals surface area contributed by atoms with Gasteiger partial charge in [-0.2, -0.15) is 4.98 Å². The van der Waals surface area contributed by atoms with Crippen molar-refractivity contribution in [2.45, 2.75) is 6.92 Å². The number of hydrogen-bond donors (Lipinski definition) is 0. The van der Waals surface area contributed by atoms with E-state index in [1.807, 2.05) is 0 Å². The lowest BCUT2D eigenvalue weighted by molar-refractivity contribution is -0.132. The Balaban J connectivity index is 3.19. The molecule has 0 atom stereocenters. The van der Waals surface area contributed by atoms with Gasteiger partial charge in [-0.05, 0) is 6.92 Å². The second-order valence-electron chi connectivity index (χ2n) is 2.81. The van der Waals surface area contributed by atoms with Crippen molar-refractivity contribution in [3.63, 3.8) is 0 Å². The minimum Gasteiger partial charge on any atom is -0.464 e. The zero-order chi connectivity index (χ0) is 13.4. The molecule has 0 aromatic carbocycles. The van der Waals surface area contributed by atoms with Gasteiger partial charge in [-0.1, -0.05) is 10.3 Å². The van der Waals surface area contributed by atoms with E-state index in [9.17, 15) is 4.79 Å². The van der Waals surface area contributed by atoms with Crippen molar-refractivity contribution in [2.24, 2.45) is 10.3 Å². The summed E-state index contributed by atoms with van der Waals surface area (Å²) in [6.45, 7) is 1.67. The second kappa shape index (κ2) is 6.94. The molecular formula is C10H12N4O4. The fourth-order valence-electron chi connectivity index (χ4n) is 1.04. The Kier molecular flexibility index (Phi) is 5.23.